The number of carbonyl (C=O) groups excluding carboxylic acids is 1. The van der Waals surface area contributed by atoms with E-state index in [2.05, 4.69) is 5.32 Å². The summed E-state index contributed by atoms with van der Waals surface area (Å²) in [6.07, 6.45) is 4.04. The van der Waals surface area contributed by atoms with E-state index in [0.29, 0.717) is 5.69 Å². The highest BCUT2D eigenvalue weighted by atomic mass is 32.2. The van der Waals surface area contributed by atoms with Crippen LogP contribution in [0.3, 0.4) is 0 Å². The molecule has 6 heteroatoms. The van der Waals surface area contributed by atoms with Gasteiger partial charge in [0, 0.05) is 25.7 Å². The van der Waals surface area contributed by atoms with E-state index in [0.717, 1.165) is 25.7 Å². The topological polar surface area (TPSA) is 66.5 Å². The van der Waals surface area contributed by atoms with Gasteiger partial charge in [-0.3, -0.25) is 4.79 Å². The Balaban J connectivity index is 2.18. The lowest BCUT2D eigenvalue weighted by atomic mass is 10.3. The van der Waals surface area contributed by atoms with Crippen molar-refractivity contribution in [2.45, 2.75) is 43.5 Å². The highest BCUT2D eigenvalue weighted by Gasteiger charge is 2.29. The van der Waals surface area contributed by atoms with Crippen molar-refractivity contribution in [3.05, 3.63) is 24.3 Å². The fraction of sp³-hybridized carbons (Fsp3) is 0.500. The molecule has 1 aliphatic carbocycles. The number of amides is 1. The molecule has 0 bridgehead atoms. The fourth-order valence-electron chi connectivity index (χ4n) is 2.54. The van der Waals surface area contributed by atoms with E-state index >= 15 is 0 Å². The summed E-state index contributed by atoms with van der Waals surface area (Å²) < 4.78 is 26.5. The summed E-state index contributed by atoms with van der Waals surface area (Å²) in [6.45, 7) is 1.42. The molecule has 0 radical (unpaired) electrons. The van der Waals surface area contributed by atoms with E-state index in [1.54, 1.807) is 19.2 Å². The van der Waals surface area contributed by atoms with Gasteiger partial charge in [0.1, 0.15) is 0 Å². The second kappa shape index (κ2) is 5.93. The van der Waals surface area contributed by atoms with Crippen LogP contribution in [0.5, 0.6) is 0 Å². The van der Waals surface area contributed by atoms with Crippen LogP contribution in [-0.4, -0.2) is 31.7 Å². The van der Waals surface area contributed by atoms with Gasteiger partial charge in [0.05, 0.1) is 4.90 Å². The molecule has 0 aliphatic heterocycles. The van der Waals surface area contributed by atoms with Gasteiger partial charge in [0.15, 0.2) is 0 Å². The molecule has 1 amide bonds. The minimum absolute atomic E-state index is 0.107. The molecule has 1 N–H and O–H groups in total. The summed E-state index contributed by atoms with van der Waals surface area (Å²) >= 11 is 0. The van der Waals surface area contributed by atoms with E-state index in [1.165, 1.54) is 23.4 Å². The average Bonchev–Trinajstić information content (AvgIpc) is 2.91. The van der Waals surface area contributed by atoms with Crippen LogP contribution in [0.1, 0.15) is 32.6 Å². The summed E-state index contributed by atoms with van der Waals surface area (Å²) in [5, 5.41) is 2.62. The van der Waals surface area contributed by atoms with Crippen LogP contribution in [-0.2, 0) is 14.8 Å². The van der Waals surface area contributed by atoms with Gasteiger partial charge in [-0.05, 0) is 37.1 Å². The van der Waals surface area contributed by atoms with Crippen LogP contribution in [0.15, 0.2) is 29.2 Å². The third-order valence-corrected chi connectivity index (χ3v) is 5.61. The number of hydrogen-bond acceptors (Lipinski definition) is 3. The van der Waals surface area contributed by atoms with Gasteiger partial charge in [-0.2, -0.15) is 4.31 Å². The number of hydrogen-bond donors (Lipinski definition) is 1. The number of benzene rings is 1. The van der Waals surface area contributed by atoms with Crippen molar-refractivity contribution in [2.75, 3.05) is 12.4 Å². The molecule has 0 atom stereocenters. The van der Waals surface area contributed by atoms with Crippen molar-refractivity contribution >= 4 is 21.6 Å². The van der Waals surface area contributed by atoms with Crippen molar-refractivity contribution in [1.82, 2.24) is 4.31 Å². The van der Waals surface area contributed by atoms with Gasteiger partial charge in [-0.25, -0.2) is 8.42 Å². The summed E-state index contributed by atoms with van der Waals surface area (Å²) in [4.78, 5) is 11.2. The summed E-state index contributed by atoms with van der Waals surface area (Å²) in [5.41, 5.74) is 0.597. The van der Waals surface area contributed by atoms with Gasteiger partial charge >= 0.3 is 0 Å². The molecule has 0 aromatic heterocycles. The number of rotatable bonds is 4. The van der Waals surface area contributed by atoms with E-state index in [1.807, 2.05) is 0 Å². The predicted molar refractivity (Wildman–Crippen MR) is 78.0 cm³/mol. The molecule has 1 aromatic carbocycles. The molecule has 20 heavy (non-hydrogen) atoms. The lowest BCUT2D eigenvalue weighted by molar-refractivity contribution is -0.114. The number of nitrogens with zero attached hydrogens (tertiary/aromatic N) is 1. The van der Waals surface area contributed by atoms with Gasteiger partial charge in [-0.15, -0.1) is 0 Å². The average molecular weight is 296 g/mol. The first-order valence-electron chi connectivity index (χ1n) is 6.77. The Bertz CT molecular complexity index is 575. The standard InChI is InChI=1S/C14H20N2O3S/c1-11(17)15-12-7-9-14(10-8-12)20(18,19)16(2)13-5-3-4-6-13/h7-10,13H,3-6H2,1-2H3,(H,15,17). The second-order valence-corrected chi connectivity index (χ2v) is 7.16. The van der Waals surface area contributed by atoms with Crippen LogP contribution in [0.4, 0.5) is 5.69 Å². The Labute approximate surface area is 120 Å². The molecule has 1 aliphatic rings. The first kappa shape index (κ1) is 15.0. The van der Waals surface area contributed by atoms with E-state index in [9.17, 15) is 13.2 Å². The van der Waals surface area contributed by atoms with Gasteiger partial charge in [0.2, 0.25) is 15.9 Å². The quantitative estimate of drug-likeness (QED) is 0.926. The highest BCUT2D eigenvalue weighted by molar-refractivity contribution is 7.89. The number of sulfonamides is 1. The molecule has 1 fully saturated rings. The zero-order valence-corrected chi connectivity index (χ0v) is 12.6. The Kier molecular flexibility index (Phi) is 4.45. The summed E-state index contributed by atoms with van der Waals surface area (Å²) in [5.74, 6) is -0.177. The fourth-order valence-corrected chi connectivity index (χ4v) is 3.96. The minimum atomic E-state index is -3.45. The minimum Gasteiger partial charge on any atom is -0.326 e. The summed E-state index contributed by atoms with van der Waals surface area (Å²) in [6, 6.07) is 6.39. The van der Waals surface area contributed by atoms with Crippen LogP contribution >= 0.6 is 0 Å². The zero-order chi connectivity index (χ0) is 14.8. The van der Waals surface area contributed by atoms with Crippen LogP contribution < -0.4 is 5.32 Å². The maximum atomic E-state index is 12.5. The van der Waals surface area contributed by atoms with E-state index in [-0.39, 0.29) is 16.8 Å². The lowest BCUT2D eigenvalue weighted by Gasteiger charge is -2.23. The van der Waals surface area contributed by atoms with Crippen LogP contribution in [0.2, 0.25) is 0 Å². The Morgan fingerprint density at radius 3 is 2.25 bits per heavy atom. The first-order chi connectivity index (χ1) is 9.41. The Morgan fingerprint density at radius 2 is 1.75 bits per heavy atom. The normalized spacial score (nSPS) is 16.6. The molecular formula is C14H20N2O3S. The zero-order valence-electron chi connectivity index (χ0n) is 11.8. The molecule has 0 spiro atoms. The predicted octanol–water partition coefficient (Wildman–Crippen LogP) is 2.21. The van der Waals surface area contributed by atoms with Crippen LogP contribution in [0, 0.1) is 0 Å². The summed E-state index contributed by atoms with van der Waals surface area (Å²) in [7, 11) is -1.80. The number of anilines is 1. The van der Waals surface area contributed by atoms with Crippen molar-refractivity contribution < 1.29 is 13.2 Å². The molecule has 1 saturated carbocycles. The number of carbonyl (C=O) groups is 1. The second-order valence-electron chi connectivity index (χ2n) is 5.17. The van der Waals surface area contributed by atoms with Crippen molar-refractivity contribution in [3.8, 4) is 0 Å². The molecule has 5 nitrogen and oxygen atoms in total. The van der Waals surface area contributed by atoms with Crippen molar-refractivity contribution in [1.29, 1.82) is 0 Å². The Morgan fingerprint density at radius 1 is 1.20 bits per heavy atom. The molecule has 2 rings (SSSR count). The molecule has 1 aromatic rings. The molecule has 0 unspecified atom stereocenters. The van der Waals surface area contributed by atoms with Gasteiger partial charge in [0.25, 0.3) is 0 Å². The molecule has 0 saturated heterocycles. The van der Waals surface area contributed by atoms with Crippen LogP contribution in [0.25, 0.3) is 0 Å². The van der Waals surface area contributed by atoms with Crippen molar-refractivity contribution in [2.24, 2.45) is 0 Å². The maximum Gasteiger partial charge on any atom is 0.243 e. The largest absolute Gasteiger partial charge is 0.326 e. The molecular weight excluding hydrogens is 276 g/mol. The molecule has 110 valence electrons. The van der Waals surface area contributed by atoms with E-state index < -0.39 is 10.0 Å². The van der Waals surface area contributed by atoms with Crippen molar-refractivity contribution in [3.63, 3.8) is 0 Å². The third kappa shape index (κ3) is 3.19. The van der Waals surface area contributed by atoms with Gasteiger partial charge in [-0.1, -0.05) is 12.8 Å². The third-order valence-electron chi connectivity index (χ3n) is 3.69. The lowest BCUT2D eigenvalue weighted by Crippen LogP contribution is -2.35. The van der Waals surface area contributed by atoms with Gasteiger partial charge < -0.3 is 5.32 Å². The SMILES string of the molecule is CC(=O)Nc1ccc(S(=O)(=O)N(C)C2CCCC2)cc1. The Hall–Kier alpha value is -1.40. The van der Waals surface area contributed by atoms with E-state index in [4.69, 9.17) is 0 Å². The monoisotopic (exact) mass is 296 g/mol. The highest BCUT2D eigenvalue weighted by Crippen LogP contribution is 2.27. The molecule has 0 heterocycles. The maximum absolute atomic E-state index is 12.5. The smallest absolute Gasteiger partial charge is 0.243 e. The first-order valence-corrected chi connectivity index (χ1v) is 8.21. The number of nitrogens with one attached hydrogen (secondary N) is 1.